The molecule has 0 atom stereocenters. The average Bonchev–Trinajstić information content (AvgIpc) is 2.42. The summed E-state index contributed by atoms with van der Waals surface area (Å²) in [4.78, 5) is 12.0. The number of halogens is 1. The number of nitrogens with one attached hydrogen (secondary N) is 1. The minimum atomic E-state index is -0.319. The third-order valence-electron chi connectivity index (χ3n) is 2.77. The van der Waals surface area contributed by atoms with Crippen LogP contribution in [0.4, 0.5) is 10.1 Å². The molecular formula is C15H14FNO2. The number of ether oxygens (including phenoxy) is 1. The molecule has 3 nitrogen and oxygen atoms in total. The van der Waals surface area contributed by atoms with Gasteiger partial charge in [-0.15, -0.1) is 0 Å². The van der Waals surface area contributed by atoms with Crippen LogP contribution >= 0.6 is 0 Å². The summed E-state index contributed by atoms with van der Waals surface area (Å²) in [6.45, 7) is 1.62. The average molecular weight is 259 g/mol. The van der Waals surface area contributed by atoms with Crippen LogP contribution < -0.4 is 10.1 Å². The Morgan fingerprint density at radius 3 is 2.42 bits per heavy atom. The van der Waals surface area contributed by atoms with Gasteiger partial charge in [-0.25, -0.2) is 4.39 Å². The molecule has 2 aromatic carbocycles. The predicted octanol–water partition coefficient (Wildman–Crippen LogP) is 3.40. The maximum absolute atomic E-state index is 13.1. The summed E-state index contributed by atoms with van der Waals surface area (Å²) in [6, 6.07) is 11.3. The predicted molar refractivity (Wildman–Crippen MR) is 72.1 cm³/mol. The first kappa shape index (κ1) is 13.1. The molecule has 4 heteroatoms. The minimum Gasteiger partial charge on any atom is -0.497 e. The van der Waals surface area contributed by atoms with Gasteiger partial charge in [0, 0.05) is 11.3 Å². The van der Waals surface area contributed by atoms with E-state index in [1.165, 1.54) is 18.2 Å². The molecule has 0 bridgehead atoms. The van der Waals surface area contributed by atoms with Crippen LogP contribution in [0.15, 0.2) is 42.5 Å². The maximum Gasteiger partial charge on any atom is 0.255 e. The first-order valence-corrected chi connectivity index (χ1v) is 5.81. The molecule has 0 aliphatic carbocycles. The SMILES string of the molecule is COc1ccc(NC(=O)c2ccc(F)c(C)c2)cc1. The lowest BCUT2D eigenvalue weighted by molar-refractivity contribution is 0.102. The van der Waals surface area contributed by atoms with E-state index < -0.39 is 0 Å². The van der Waals surface area contributed by atoms with Crippen LogP contribution in [0.2, 0.25) is 0 Å². The first-order chi connectivity index (χ1) is 9.10. The molecule has 0 radical (unpaired) electrons. The number of benzene rings is 2. The molecule has 0 spiro atoms. The topological polar surface area (TPSA) is 38.3 Å². The van der Waals surface area contributed by atoms with Crippen molar-refractivity contribution in [2.24, 2.45) is 0 Å². The number of carbonyl (C=O) groups is 1. The highest BCUT2D eigenvalue weighted by atomic mass is 19.1. The Bertz CT molecular complexity index is 594. The molecule has 0 aromatic heterocycles. The summed E-state index contributed by atoms with van der Waals surface area (Å²) in [5.41, 5.74) is 1.53. The number of amides is 1. The van der Waals surface area contributed by atoms with Gasteiger partial charge in [-0.2, -0.15) is 0 Å². The van der Waals surface area contributed by atoms with E-state index in [4.69, 9.17) is 4.74 Å². The molecule has 1 amide bonds. The summed E-state index contributed by atoms with van der Waals surface area (Å²) < 4.78 is 18.2. The summed E-state index contributed by atoms with van der Waals surface area (Å²) in [5, 5.41) is 2.74. The Morgan fingerprint density at radius 1 is 1.16 bits per heavy atom. The standard InChI is InChI=1S/C15H14FNO2/c1-10-9-11(3-8-14(10)16)15(18)17-12-4-6-13(19-2)7-5-12/h3-9H,1-2H3,(H,17,18). The smallest absolute Gasteiger partial charge is 0.255 e. The highest BCUT2D eigenvalue weighted by Gasteiger charge is 2.08. The number of hydrogen-bond acceptors (Lipinski definition) is 2. The summed E-state index contributed by atoms with van der Waals surface area (Å²) >= 11 is 0. The van der Waals surface area contributed by atoms with Gasteiger partial charge in [0.1, 0.15) is 11.6 Å². The van der Waals surface area contributed by atoms with Crippen LogP contribution in [-0.2, 0) is 0 Å². The van der Waals surface area contributed by atoms with E-state index >= 15 is 0 Å². The molecule has 0 aliphatic rings. The largest absolute Gasteiger partial charge is 0.497 e. The van der Waals surface area contributed by atoms with Crippen molar-refractivity contribution >= 4 is 11.6 Å². The molecule has 0 fully saturated rings. The lowest BCUT2D eigenvalue weighted by Gasteiger charge is -2.07. The van der Waals surface area contributed by atoms with Crippen LogP contribution in [0.3, 0.4) is 0 Å². The van der Waals surface area contributed by atoms with E-state index in [0.29, 0.717) is 16.8 Å². The van der Waals surface area contributed by atoms with Crippen molar-refractivity contribution in [1.82, 2.24) is 0 Å². The second kappa shape index (κ2) is 5.52. The van der Waals surface area contributed by atoms with Gasteiger partial charge in [0.25, 0.3) is 5.91 Å². The molecule has 2 aromatic rings. The van der Waals surface area contributed by atoms with Crippen LogP contribution in [0.5, 0.6) is 5.75 Å². The quantitative estimate of drug-likeness (QED) is 0.917. The number of aryl methyl sites for hydroxylation is 1. The van der Waals surface area contributed by atoms with E-state index in [2.05, 4.69) is 5.32 Å². The molecular weight excluding hydrogens is 245 g/mol. The fourth-order valence-corrected chi connectivity index (χ4v) is 1.66. The van der Waals surface area contributed by atoms with E-state index in [1.54, 1.807) is 38.3 Å². The van der Waals surface area contributed by atoms with E-state index in [-0.39, 0.29) is 11.7 Å². The Balaban J connectivity index is 2.13. The lowest BCUT2D eigenvalue weighted by Crippen LogP contribution is -2.12. The van der Waals surface area contributed by atoms with Crippen molar-refractivity contribution in [3.63, 3.8) is 0 Å². The molecule has 98 valence electrons. The fraction of sp³-hybridized carbons (Fsp3) is 0.133. The summed E-state index contributed by atoms with van der Waals surface area (Å²) in [5.74, 6) is 0.130. The molecule has 0 aliphatic heterocycles. The van der Waals surface area contributed by atoms with Gasteiger partial charge in [-0.05, 0) is 55.0 Å². The van der Waals surface area contributed by atoms with Gasteiger partial charge in [0.2, 0.25) is 0 Å². The third kappa shape index (κ3) is 3.10. The molecule has 1 N–H and O–H groups in total. The Labute approximate surface area is 111 Å². The van der Waals surface area contributed by atoms with Crippen molar-refractivity contribution in [3.8, 4) is 5.75 Å². The fourth-order valence-electron chi connectivity index (χ4n) is 1.66. The number of hydrogen-bond donors (Lipinski definition) is 1. The van der Waals surface area contributed by atoms with Crippen molar-refractivity contribution in [1.29, 1.82) is 0 Å². The van der Waals surface area contributed by atoms with E-state index in [1.807, 2.05) is 0 Å². The number of anilines is 1. The highest BCUT2D eigenvalue weighted by molar-refractivity contribution is 6.04. The van der Waals surface area contributed by atoms with Crippen LogP contribution in [0.1, 0.15) is 15.9 Å². The summed E-state index contributed by atoms with van der Waals surface area (Å²) in [6.07, 6.45) is 0. The lowest BCUT2D eigenvalue weighted by atomic mass is 10.1. The van der Waals surface area contributed by atoms with Gasteiger partial charge in [-0.3, -0.25) is 4.79 Å². The van der Waals surface area contributed by atoms with Crippen LogP contribution in [-0.4, -0.2) is 13.0 Å². The monoisotopic (exact) mass is 259 g/mol. The molecule has 0 unspecified atom stereocenters. The third-order valence-corrected chi connectivity index (χ3v) is 2.77. The molecule has 2 rings (SSSR count). The molecule has 0 heterocycles. The van der Waals surface area contributed by atoms with Crippen LogP contribution in [0.25, 0.3) is 0 Å². The zero-order chi connectivity index (χ0) is 13.8. The number of rotatable bonds is 3. The van der Waals surface area contributed by atoms with Crippen LogP contribution in [0, 0.1) is 12.7 Å². The highest BCUT2D eigenvalue weighted by Crippen LogP contribution is 2.16. The second-order valence-corrected chi connectivity index (χ2v) is 4.15. The van der Waals surface area contributed by atoms with Gasteiger partial charge < -0.3 is 10.1 Å². The van der Waals surface area contributed by atoms with Crippen molar-refractivity contribution in [2.75, 3.05) is 12.4 Å². The van der Waals surface area contributed by atoms with Crippen molar-refractivity contribution in [2.45, 2.75) is 6.92 Å². The summed E-state index contributed by atoms with van der Waals surface area (Å²) in [7, 11) is 1.58. The zero-order valence-corrected chi connectivity index (χ0v) is 10.7. The number of methoxy groups -OCH3 is 1. The van der Waals surface area contributed by atoms with Gasteiger partial charge in [0.05, 0.1) is 7.11 Å². The van der Waals surface area contributed by atoms with Crippen molar-refractivity contribution < 1.29 is 13.9 Å². The van der Waals surface area contributed by atoms with Gasteiger partial charge in [0.15, 0.2) is 0 Å². The molecule has 0 saturated heterocycles. The van der Waals surface area contributed by atoms with E-state index in [9.17, 15) is 9.18 Å². The molecule has 19 heavy (non-hydrogen) atoms. The maximum atomic E-state index is 13.1. The Hall–Kier alpha value is -2.36. The number of carbonyl (C=O) groups excluding carboxylic acids is 1. The van der Waals surface area contributed by atoms with Gasteiger partial charge >= 0.3 is 0 Å². The first-order valence-electron chi connectivity index (χ1n) is 5.81. The second-order valence-electron chi connectivity index (χ2n) is 4.15. The minimum absolute atomic E-state index is 0.270. The Morgan fingerprint density at radius 2 is 1.84 bits per heavy atom. The van der Waals surface area contributed by atoms with E-state index in [0.717, 1.165) is 5.75 Å². The zero-order valence-electron chi connectivity index (χ0n) is 10.7. The van der Waals surface area contributed by atoms with Gasteiger partial charge in [-0.1, -0.05) is 0 Å². The van der Waals surface area contributed by atoms with Crippen molar-refractivity contribution in [3.05, 3.63) is 59.4 Å². The molecule has 0 saturated carbocycles. The normalized spacial score (nSPS) is 10.1. The Kier molecular flexibility index (Phi) is 3.80.